The number of carbonyl (C=O) groups excluding carboxylic acids is 1. The minimum Gasteiger partial charge on any atom is -0.294 e. The lowest BCUT2D eigenvalue weighted by Gasteiger charge is -2.60. The third kappa shape index (κ3) is 2.14. The van der Waals surface area contributed by atoms with Crippen LogP contribution in [0.4, 0.5) is 0 Å². The number of hydrogen-bond donors (Lipinski definition) is 2. The van der Waals surface area contributed by atoms with Crippen LogP contribution in [0, 0.1) is 40.4 Å². The molecule has 0 aromatic rings. The van der Waals surface area contributed by atoms with Crippen molar-refractivity contribution in [2.75, 3.05) is 0 Å². The normalized spacial score (nSPS) is 52.2. The lowest BCUT2D eigenvalue weighted by molar-refractivity contribution is -0.137. The Balaban J connectivity index is 1.61. The first kappa shape index (κ1) is 15.9. The monoisotopic (exact) mass is 318 g/mol. The molecule has 130 valence electrons. The maximum Gasteiger partial charge on any atom is 0.237 e. The molecule has 1 amide bonds. The van der Waals surface area contributed by atoms with E-state index in [9.17, 15) is 4.79 Å². The molecule has 7 atom stereocenters. The highest BCUT2D eigenvalue weighted by Crippen LogP contribution is 2.67. The second-order valence-corrected chi connectivity index (χ2v) is 9.59. The minimum atomic E-state index is 0.0889. The van der Waals surface area contributed by atoms with E-state index in [2.05, 4.69) is 19.3 Å². The second-order valence-electron chi connectivity index (χ2n) is 9.59. The topological polar surface area (TPSA) is 55.1 Å². The molecule has 4 saturated carbocycles. The van der Waals surface area contributed by atoms with Crippen LogP contribution < -0.4 is 11.3 Å². The highest BCUT2D eigenvalue weighted by molar-refractivity contribution is 5.79. The van der Waals surface area contributed by atoms with Crippen LogP contribution in [0.3, 0.4) is 0 Å². The van der Waals surface area contributed by atoms with Crippen LogP contribution >= 0.6 is 0 Å². The van der Waals surface area contributed by atoms with E-state index in [4.69, 9.17) is 5.84 Å². The molecular weight excluding hydrogens is 284 g/mol. The van der Waals surface area contributed by atoms with Gasteiger partial charge in [0.25, 0.3) is 0 Å². The molecule has 0 aliphatic heterocycles. The van der Waals surface area contributed by atoms with E-state index in [0.717, 1.165) is 30.1 Å². The third-order valence-corrected chi connectivity index (χ3v) is 9.04. The van der Waals surface area contributed by atoms with E-state index in [1.807, 2.05) is 0 Å². The standard InChI is InChI=1S/C20H34N2O/c1-19-11-4-3-5-13(19)6-7-14-15-8-9-17(18(23)22-21)20(15,2)12-10-16(14)19/h13-17H,3-12,21H2,1-2H3,(H,22,23)/t13-,14-,15-,16-,17-,19+,20+/m1/s1. The number of nitrogens with one attached hydrogen (secondary N) is 1. The Morgan fingerprint density at radius 1 is 0.913 bits per heavy atom. The molecule has 4 rings (SSSR count). The van der Waals surface area contributed by atoms with E-state index in [1.165, 1.54) is 57.8 Å². The lowest BCUT2D eigenvalue weighted by Crippen LogP contribution is -2.54. The van der Waals surface area contributed by atoms with Crippen molar-refractivity contribution >= 4 is 5.91 Å². The van der Waals surface area contributed by atoms with Gasteiger partial charge in [0.15, 0.2) is 0 Å². The van der Waals surface area contributed by atoms with Gasteiger partial charge in [-0.1, -0.05) is 26.7 Å². The molecule has 4 aliphatic carbocycles. The summed E-state index contributed by atoms with van der Waals surface area (Å²) in [5.74, 6) is 9.22. The van der Waals surface area contributed by atoms with Crippen molar-refractivity contribution in [1.29, 1.82) is 0 Å². The average Bonchev–Trinajstić information content (AvgIpc) is 2.91. The summed E-state index contributed by atoms with van der Waals surface area (Å²) in [6, 6.07) is 0. The Labute approximate surface area is 141 Å². The van der Waals surface area contributed by atoms with E-state index in [0.29, 0.717) is 5.41 Å². The van der Waals surface area contributed by atoms with Crippen LogP contribution in [0.2, 0.25) is 0 Å². The minimum absolute atomic E-state index is 0.0889. The molecule has 0 aromatic heterocycles. The number of nitrogens with two attached hydrogens (primary N) is 1. The molecule has 0 bridgehead atoms. The van der Waals surface area contributed by atoms with Gasteiger partial charge in [-0.05, 0) is 85.9 Å². The zero-order valence-corrected chi connectivity index (χ0v) is 14.9. The molecule has 23 heavy (non-hydrogen) atoms. The van der Waals surface area contributed by atoms with Crippen molar-refractivity contribution in [2.24, 2.45) is 46.3 Å². The van der Waals surface area contributed by atoms with Gasteiger partial charge in [-0.3, -0.25) is 10.2 Å². The maximum atomic E-state index is 12.3. The van der Waals surface area contributed by atoms with E-state index in [1.54, 1.807) is 0 Å². The molecule has 3 nitrogen and oxygen atoms in total. The molecule has 0 unspecified atom stereocenters. The van der Waals surface area contributed by atoms with Crippen LogP contribution in [-0.4, -0.2) is 5.91 Å². The molecule has 4 fully saturated rings. The second kappa shape index (κ2) is 5.47. The van der Waals surface area contributed by atoms with Crippen LogP contribution in [0.5, 0.6) is 0 Å². The average molecular weight is 319 g/mol. The van der Waals surface area contributed by atoms with Gasteiger partial charge in [-0.25, -0.2) is 5.84 Å². The fourth-order valence-corrected chi connectivity index (χ4v) is 7.83. The lowest BCUT2D eigenvalue weighted by atomic mass is 9.45. The summed E-state index contributed by atoms with van der Waals surface area (Å²) in [5.41, 5.74) is 3.24. The van der Waals surface area contributed by atoms with Gasteiger partial charge in [-0.15, -0.1) is 0 Å². The molecule has 0 saturated heterocycles. The predicted octanol–water partition coefficient (Wildman–Crippen LogP) is 4.03. The summed E-state index contributed by atoms with van der Waals surface area (Å²) in [7, 11) is 0. The summed E-state index contributed by atoms with van der Waals surface area (Å²) in [4.78, 5) is 12.3. The quantitative estimate of drug-likeness (QED) is 0.436. The fourth-order valence-electron chi connectivity index (χ4n) is 7.83. The summed E-state index contributed by atoms with van der Waals surface area (Å²) in [6.07, 6.45) is 13.6. The van der Waals surface area contributed by atoms with Gasteiger partial charge in [0.1, 0.15) is 0 Å². The van der Waals surface area contributed by atoms with E-state index < -0.39 is 0 Å². The smallest absolute Gasteiger partial charge is 0.237 e. The van der Waals surface area contributed by atoms with Gasteiger partial charge in [0.05, 0.1) is 0 Å². The molecule has 0 radical (unpaired) electrons. The number of carbonyl (C=O) groups is 1. The molecular formula is C20H34N2O. The van der Waals surface area contributed by atoms with Gasteiger partial charge < -0.3 is 0 Å². The molecule has 0 heterocycles. The van der Waals surface area contributed by atoms with Gasteiger partial charge in [-0.2, -0.15) is 0 Å². The van der Waals surface area contributed by atoms with Gasteiger partial charge in [0.2, 0.25) is 5.91 Å². The maximum absolute atomic E-state index is 12.3. The Morgan fingerprint density at radius 2 is 1.70 bits per heavy atom. The van der Waals surface area contributed by atoms with Crippen molar-refractivity contribution in [2.45, 2.75) is 78.1 Å². The van der Waals surface area contributed by atoms with Gasteiger partial charge >= 0.3 is 0 Å². The van der Waals surface area contributed by atoms with Crippen LogP contribution in [-0.2, 0) is 4.79 Å². The molecule has 0 spiro atoms. The van der Waals surface area contributed by atoms with Crippen molar-refractivity contribution in [3.63, 3.8) is 0 Å². The first-order chi connectivity index (χ1) is 11.0. The largest absolute Gasteiger partial charge is 0.294 e. The van der Waals surface area contributed by atoms with Crippen molar-refractivity contribution in [1.82, 2.24) is 5.43 Å². The zero-order valence-electron chi connectivity index (χ0n) is 14.9. The number of hydrazine groups is 1. The summed E-state index contributed by atoms with van der Waals surface area (Å²) in [5, 5.41) is 0. The third-order valence-electron chi connectivity index (χ3n) is 9.04. The SMILES string of the molecule is C[C@]12CCCC[C@@H]1CC[C@H]1[C@H]2CC[C@]2(C)[C@@H](C(=O)NN)CC[C@H]12. The molecule has 4 aliphatic rings. The summed E-state index contributed by atoms with van der Waals surface area (Å²) >= 11 is 0. The Morgan fingerprint density at radius 3 is 2.48 bits per heavy atom. The molecule has 3 N–H and O–H groups in total. The fraction of sp³-hybridized carbons (Fsp3) is 0.950. The summed E-state index contributed by atoms with van der Waals surface area (Å²) < 4.78 is 0. The van der Waals surface area contributed by atoms with Crippen LogP contribution in [0.25, 0.3) is 0 Å². The number of rotatable bonds is 1. The van der Waals surface area contributed by atoms with E-state index >= 15 is 0 Å². The number of fused-ring (bicyclic) bond motifs is 5. The first-order valence-corrected chi connectivity index (χ1v) is 10.0. The molecule has 0 aromatic carbocycles. The first-order valence-electron chi connectivity index (χ1n) is 10.0. The van der Waals surface area contributed by atoms with Gasteiger partial charge in [0, 0.05) is 5.92 Å². The molecule has 3 heteroatoms. The van der Waals surface area contributed by atoms with E-state index in [-0.39, 0.29) is 17.2 Å². The van der Waals surface area contributed by atoms with Crippen LogP contribution in [0.1, 0.15) is 78.1 Å². The van der Waals surface area contributed by atoms with Crippen molar-refractivity contribution in [3.8, 4) is 0 Å². The van der Waals surface area contributed by atoms with Crippen LogP contribution in [0.15, 0.2) is 0 Å². The zero-order chi connectivity index (χ0) is 16.2. The Hall–Kier alpha value is -0.570. The highest BCUT2D eigenvalue weighted by atomic mass is 16.2. The predicted molar refractivity (Wildman–Crippen MR) is 92.2 cm³/mol. The van der Waals surface area contributed by atoms with Crippen molar-refractivity contribution < 1.29 is 4.79 Å². The Kier molecular flexibility index (Phi) is 3.79. The summed E-state index contributed by atoms with van der Waals surface area (Å²) in [6.45, 7) is 5.02. The number of hydrogen-bond acceptors (Lipinski definition) is 2. The Bertz CT molecular complexity index is 492. The van der Waals surface area contributed by atoms with Crippen molar-refractivity contribution in [3.05, 3.63) is 0 Å². The highest BCUT2D eigenvalue weighted by Gasteiger charge is 2.60. The number of amides is 1.